The highest BCUT2D eigenvalue weighted by atomic mass is 16.3. The molecular weight excluding hydrogens is 170 g/mol. The summed E-state index contributed by atoms with van der Waals surface area (Å²) in [5.41, 5.74) is 0. The molecule has 1 radical (unpaired) electrons. The molecule has 0 bridgehead atoms. The molecule has 0 aromatic carbocycles. The number of imide groups is 1. The lowest BCUT2D eigenvalue weighted by atomic mass is 10.2. The van der Waals surface area contributed by atoms with E-state index >= 15 is 0 Å². The largest absolute Gasteiger partial charge is 0.275 e. The topological polar surface area (TPSA) is 57.3 Å². The van der Waals surface area contributed by atoms with Gasteiger partial charge in [-0.25, -0.2) is 5.11 Å². The van der Waals surface area contributed by atoms with Crippen LogP contribution in [0.3, 0.4) is 0 Å². The molecule has 0 aliphatic carbocycles. The van der Waals surface area contributed by atoms with E-state index < -0.39 is 0 Å². The van der Waals surface area contributed by atoms with Crippen molar-refractivity contribution in [1.29, 1.82) is 0 Å². The van der Waals surface area contributed by atoms with E-state index in [4.69, 9.17) is 0 Å². The Balaban J connectivity index is 2.22. The minimum Gasteiger partial charge on any atom is -0.275 e. The Kier molecular flexibility index (Phi) is 3.64. The Morgan fingerprint density at radius 2 is 1.62 bits per heavy atom. The van der Waals surface area contributed by atoms with E-state index in [1.807, 2.05) is 0 Å². The van der Waals surface area contributed by atoms with Crippen LogP contribution >= 0.6 is 0 Å². The summed E-state index contributed by atoms with van der Waals surface area (Å²) >= 11 is 0. The highest BCUT2D eigenvalue weighted by Gasteiger charge is 2.21. The van der Waals surface area contributed by atoms with Gasteiger partial charge in [-0.05, 0) is 19.3 Å². The molecule has 0 unspecified atom stereocenters. The fraction of sp³-hybridized carbons (Fsp3) is 0.556. The first-order valence-electron chi connectivity index (χ1n) is 4.37. The number of hydrogen-bond acceptors (Lipinski definition) is 2. The molecule has 71 valence electrons. The van der Waals surface area contributed by atoms with Crippen molar-refractivity contribution < 1.29 is 14.7 Å². The van der Waals surface area contributed by atoms with Gasteiger partial charge >= 0.3 is 0 Å². The van der Waals surface area contributed by atoms with Crippen molar-refractivity contribution in [2.24, 2.45) is 0 Å². The van der Waals surface area contributed by atoms with E-state index in [-0.39, 0.29) is 18.4 Å². The fourth-order valence-electron chi connectivity index (χ4n) is 1.20. The fourth-order valence-corrected chi connectivity index (χ4v) is 1.20. The number of amides is 2. The van der Waals surface area contributed by atoms with Gasteiger partial charge in [-0.2, -0.15) is 0 Å². The average molecular weight is 182 g/mol. The molecule has 0 aromatic heterocycles. The van der Waals surface area contributed by atoms with Crippen LogP contribution in [-0.4, -0.2) is 29.9 Å². The SMILES string of the molecule is [O]CCCCCN1C(=O)C=CC1=O. The van der Waals surface area contributed by atoms with Crippen LogP contribution in [0.25, 0.3) is 0 Å². The van der Waals surface area contributed by atoms with Crippen LogP contribution in [0.2, 0.25) is 0 Å². The molecule has 0 N–H and O–H groups in total. The van der Waals surface area contributed by atoms with E-state index in [0.29, 0.717) is 13.0 Å². The predicted octanol–water partition coefficient (Wildman–Crippen LogP) is 0.512. The summed E-state index contributed by atoms with van der Waals surface area (Å²) in [6.07, 6.45) is 4.66. The van der Waals surface area contributed by atoms with E-state index in [9.17, 15) is 14.7 Å². The lowest BCUT2D eigenvalue weighted by Gasteiger charge is -2.12. The van der Waals surface area contributed by atoms with Crippen LogP contribution in [0, 0.1) is 0 Å². The van der Waals surface area contributed by atoms with Crippen molar-refractivity contribution in [3.63, 3.8) is 0 Å². The number of rotatable bonds is 5. The van der Waals surface area contributed by atoms with Crippen LogP contribution < -0.4 is 0 Å². The van der Waals surface area contributed by atoms with Crippen molar-refractivity contribution in [2.75, 3.05) is 13.2 Å². The zero-order valence-corrected chi connectivity index (χ0v) is 7.36. The summed E-state index contributed by atoms with van der Waals surface area (Å²) in [5.74, 6) is -0.487. The molecule has 0 saturated carbocycles. The maximum absolute atomic E-state index is 11.0. The maximum atomic E-state index is 11.0. The normalized spacial score (nSPS) is 15.9. The molecule has 1 rings (SSSR count). The number of hydrogen-bond donors (Lipinski definition) is 0. The highest BCUT2D eigenvalue weighted by Crippen LogP contribution is 2.06. The van der Waals surface area contributed by atoms with Crippen molar-refractivity contribution in [1.82, 2.24) is 4.90 Å². The third kappa shape index (κ3) is 2.66. The zero-order valence-electron chi connectivity index (χ0n) is 7.36. The Bertz CT molecular complexity index is 217. The van der Waals surface area contributed by atoms with Gasteiger partial charge in [0, 0.05) is 18.7 Å². The van der Waals surface area contributed by atoms with E-state index in [1.165, 1.54) is 17.1 Å². The number of unbranched alkanes of at least 4 members (excludes halogenated alkanes) is 2. The van der Waals surface area contributed by atoms with Crippen molar-refractivity contribution in [3.05, 3.63) is 12.2 Å². The quantitative estimate of drug-likeness (QED) is 0.459. The summed E-state index contributed by atoms with van der Waals surface area (Å²) in [7, 11) is 0. The van der Waals surface area contributed by atoms with Gasteiger partial charge in [0.25, 0.3) is 11.8 Å². The van der Waals surface area contributed by atoms with Crippen LogP contribution in [0.4, 0.5) is 0 Å². The zero-order chi connectivity index (χ0) is 9.68. The molecule has 0 fully saturated rings. The number of nitrogens with zero attached hydrogens (tertiary/aromatic N) is 1. The lowest BCUT2D eigenvalue weighted by molar-refractivity contribution is -0.136. The van der Waals surface area contributed by atoms with Crippen molar-refractivity contribution in [2.45, 2.75) is 19.3 Å². The minimum atomic E-state index is -0.243. The van der Waals surface area contributed by atoms with E-state index in [0.717, 1.165) is 12.8 Å². The Morgan fingerprint density at radius 1 is 1.00 bits per heavy atom. The first kappa shape index (κ1) is 9.92. The highest BCUT2D eigenvalue weighted by molar-refractivity contribution is 6.12. The second kappa shape index (κ2) is 4.77. The molecule has 0 spiro atoms. The Morgan fingerprint density at radius 3 is 2.15 bits per heavy atom. The first-order chi connectivity index (χ1) is 6.25. The monoisotopic (exact) mass is 182 g/mol. The standard InChI is InChI=1S/C9H12NO3/c11-7-3-1-2-6-10-8(12)4-5-9(10)13/h4-5H,1-3,6-7H2. The molecule has 13 heavy (non-hydrogen) atoms. The van der Waals surface area contributed by atoms with Crippen molar-refractivity contribution in [3.8, 4) is 0 Å². The summed E-state index contributed by atoms with van der Waals surface area (Å²) < 4.78 is 0. The third-order valence-corrected chi connectivity index (χ3v) is 1.93. The van der Waals surface area contributed by atoms with Gasteiger partial charge in [0.1, 0.15) is 0 Å². The van der Waals surface area contributed by atoms with Gasteiger partial charge in [0.2, 0.25) is 0 Å². The molecule has 1 heterocycles. The van der Waals surface area contributed by atoms with Crippen molar-refractivity contribution >= 4 is 11.8 Å². The summed E-state index contributed by atoms with van der Waals surface area (Å²) in [4.78, 5) is 23.2. The van der Waals surface area contributed by atoms with Gasteiger partial charge in [-0.15, -0.1) is 0 Å². The summed E-state index contributed by atoms with van der Waals surface area (Å²) in [6.45, 7) is 0.352. The molecule has 0 saturated heterocycles. The van der Waals surface area contributed by atoms with Crippen LogP contribution in [0.1, 0.15) is 19.3 Å². The minimum absolute atomic E-state index is 0.0832. The smallest absolute Gasteiger partial charge is 0.253 e. The second-order valence-electron chi connectivity index (χ2n) is 2.93. The van der Waals surface area contributed by atoms with Crippen LogP contribution in [-0.2, 0) is 14.7 Å². The predicted molar refractivity (Wildman–Crippen MR) is 45.3 cm³/mol. The summed E-state index contributed by atoms with van der Waals surface area (Å²) in [6, 6.07) is 0. The van der Waals surface area contributed by atoms with Gasteiger partial charge in [-0.3, -0.25) is 14.5 Å². The maximum Gasteiger partial charge on any atom is 0.253 e. The van der Waals surface area contributed by atoms with Gasteiger partial charge in [-0.1, -0.05) is 0 Å². The number of carbonyl (C=O) groups is 2. The molecule has 0 aromatic rings. The number of carbonyl (C=O) groups excluding carboxylic acids is 2. The second-order valence-corrected chi connectivity index (χ2v) is 2.93. The Labute approximate surface area is 76.8 Å². The lowest BCUT2D eigenvalue weighted by Crippen LogP contribution is -2.30. The summed E-state index contributed by atoms with van der Waals surface area (Å²) in [5, 5.41) is 10.1. The third-order valence-electron chi connectivity index (χ3n) is 1.93. The molecule has 0 atom stereocenters. The molecule has 1 aliphatic heterocycles. The average Bonchev–Trinajstić information content (AvgIpc) is 2.42. The van der Waals surface area contributed by atoms with E-state index in [2.05, 4.69) is 0 Å². The molecule has 1 aliphatic rings. The molecule has 2 amide bonds. The molecular formula is C9H12NO3. The Hall–Kier alpha value is -1.16. The van der Waals surface area contributed by atoms with Crippen LogP contribution in [0.5, 0.6) is 0 Å². The molecule has 4 nitrogen and oxygen atoms in total. The molecule has 4 heteroatoms. The van der Waals surface area contributed by atoms with Crippen LogP contribution in [0.15, 0.2) is 12.2 Å². The van der Waals surface area contributed by atoms with Gasteiger partial charge in [0.05, 0.1) is 6.61 Å². The first-order valence-corrected chi connectivity index (χ1v) is 4.37. The van der Waals surface area contributed by atoms with E-state index in [1.54, 1.807) is 0 Å². The van der Waals surface area contributed by atoms with Gasteiger partial charge < -0.3 is 0 Å². The van der Waals surface area contributed by atoms with Gasteiger partial charge in [0.15, 0.2) is 0 Å².